The van der Waals surface area contributed by atoms with Gasteiger partial charge in [-0.2, -0.15) is 0 Å². The third-order valence-corrected chi connectivity index (χ3v) is 3.03. The maximum atomic E-state index is 9.02. The molecule has 1 heterocycles. The predicted octanol–water partition coefficient (Wildman–Crippen LogP) is 2.06. The lowest BCUT2D eigenvalue weighted by atomic mass is 10.1. The molecule has 1 unspecified atom stereocenters. The van der Waals surface area contributed by atoms with Crippen molar-refractivity contribution in [2.75, 3.05) is 5.75 Å². The van der Waals surface area contributed by atoms with Crippen LogP contribution in [-0.4, -0.2) is 31.1 Å². The Kier molecular flexibility index (Phi) is 6.38. The molecule has 0 fully saturated rings. The molecule has 1 aromatic heterocycles. The Morgan fingerprint density at radius 3 is 2.39 bits per heavy atom. The van der Waals surface area contributed by atoms with Gasteiger partial charge in [0.2, 0.25) is 5.16 Å². The van der Waals surface area contributed by atoms with Gasteiger partial charge in [-0.3, -0.25) is 0 Å². The number of aryl methyl sites for hydroxylation is 1. The van der Waals surface area contributed by atoms with Crippen LogP contribution in [-0.2, 0) is 7.05 Å². The van der Waals surface area contributed by atoms with Gasteiger partial charge in [0.1, 0.15) is 0 Å². The molecule has 0 amide bonds. The van der Waals surface area contributed by atoms with Crippen LogP contribution in [0.4, 0.5) is 0 Å². The Morgan fingerprint density at radius 2 is 2.00 bits per heavy atom. The second kappa shape index (κ2) is 7.84. The van der Waals surface area contributed by atoms with Crippen molar-refractivity contribution < 1.29 is 5.11 Å². The SMILES string of the molecule is CC(O)c1ccccc1.CCSc1nnnn1C. The molecule has 1 aromatic carbocycles. The molecular weight excluding hydrogens is 248 g/mol. The highest BCUT2D eigenvalue weighted by Crippen LogP contribution is 2.10. The Bertz CT molecular complexity index is 444. The highest BCUT2D eigenvalue weighted by molar-refractivity contribution is 7.99. The van der Waals surface area contributed by atoms with Gasteiger partial charge in [-0.15, -0.1) is 5.10 Å². The second-order valence-electron chi connectivity index (χ2n) is 3.60. The van der Waals surface area contributed by atoms with Gasteiger partial charge in [0.25, 0.3) is 0 Å². The number of aromatic nitrogens is 4. The first kappa shape index (κ1) is 14.7. The van der Waals surface area contributed by atoms with Crippen LogP contribution in [0.3, 0.4) is 0 Å². The fraction of sp³-hybridized carbons (Fsp3) is 0.417. The van der Waals surface area contributed by atoms with Crippen LogP contribution in [0.15, 0.2) is 35.5 Å². The summed E-state index contributed by atoms with van der Waals surface area (Å²) in [7, 11) is 1.83. The summed E-state index contributed by atoms with van der Waals surface area (Å²) in [5.74, 6) is 1.01. The van der Waals surface area contributed by atoms with E-state index < -0.39 is 0 Å². The summed E-state index contributed by atoms with van der Waals surface area (Å²) >= 11 is 1.64. The zero-order valence-electron chi connectivity index (χ0n) is 10.8. The fourth-order valence-electron chi connectivity index (χ4n) is 1.20. The Hall–Kier alpha value is -1.40. The standard InChI is InChI=1S/C8H10O.C4H8N4S/c1-7(9)8-5-3-2-4-6-8;1-3-9-4-5-6-7-8(4)2/h2-7,9H,1H3;3H2,1-2H3. The average Bonchev–Trinajstić information content (AvgIpc) is 2.78. The number of benzene rings is 1. The Morgan fingerprint density at radius 1 is 1.33 bits per heavy atom. The molecule has 6 heteroatoms. The number of aliphatic hydroxyl groups excluding tert-OH is 1. The molecule has 0 aliphatic carbocycles. The molecule has 0 aliphatic heterocycles. The average molecular weight is 266 g/mol. The van der Waals surface area contributed by atoms with Gasteiger partial charge in [-0.25, -0.2) is 4.68 Å². The number of rotatable bonds is 3. The first-order chi connectivity index (χ1) is 8.65. The minimum atomic E-state index is -0.341. The first-order valence-electron chi connectivity index (χ1n) is 5.73. The van der Waals surface area contributed by atoms with Crippen LogP contribution in [0.2, 0.25) is 0 Å². The van der Waals surface area contributed by atoms with E-state index in [4.69, 9.17) is 5.11 Å². The van der Waals surface area contributed by atoms with Crippen molar-refractivity contribution in [2.24, 2.45) is 7.05 Å². The van der Waals surface area contributed by atoms with Crippen molar-refractivity contribution in [3.63, 3.8) is 0 Å². The second-order valence-corrected chi connectivity index (χ2v) is 4.84. The van der Waals surface area contributed by atoms with Crippen LogP contribution in [0.5, 0.6) is 0 Å². The smallest absolute Gasteiger partial charge is 0.209 e. The molecule has 98 valence electrons. The number of aliphatic hydroxyl groups is 1. The molecule has 2 aromatic rings. The molecule has 2 rings (SSSR count). The van der Waals surface area contributed by atoms with Gasteiger partial charge in [0.15, 0.2) is 0 Å². The van der Waals surface area contributed by atoms with Crippen LogP contribution in [0, 0.1) is 0 Å². The number of tetrazole rings is 1. The van der Waals surface area contributed by atoms with Gasteiger partial charge < -0.3 is 5.11 Å². The maximum Gasteiger partial charge on any atom is 0.209 e. The lowest BCUT2D eigenvalue weighted by molar-refractivity contribution is 0.199. The molecule has 0 radical (unpaired) electrons. The molecule has 0 spiro atoms. The van der Waals surface area contributed by atoms with E-state index in [-0.39, 0.29) is 6.10 Å². The minimum absolute atomic E-state index is 0.341. The largest absolute Gasteiger partial charge is 0.389 e. The van der Waals surface area contributed by atoms with Crippen molar-refractivity contribution >= 4 is 11.8 Å². The van der Waals surface area contributed by atoms with Crippen molar-refractivity contribution in [3.05, 3.63) is 35.9 Å². The highest BCUT2D eigenvalue weighted by Gasteiger charge is 1.98. The summed E-state index contributed by atoms with van der Waals surface area (Å²) in [6.07, 6.45) is -0.341. The van der Waals surface area contributed by atoms with Gasteiger partial charge in [0, 0.05) is 7.05 Å². The van der Waals surface area contributed by atoms with E-state index in [2.05, 4.69) is 22.4 Å². The third-order valence-electron chi connectivity index (χ3n) is 2.14. The number of nitrogens with zero attached hydrogens (tertiary/aromatic N) is 4. The first-order valence-corrected chi connectivity index (χ1v) is 6.71. The molecule has 0 aliphatic rings. The molecule has 5 nitrogen and oxygen atoms in total. The van der Waals surface area contributed by atoms with Crippen molar-refractivity contribution in [1.29, 1.82) is 0 Å². The normalized spacial score (nSPS) is 11.6. The number of hydrogen-bond acceptors (Lipinski definition) is 5. The summed E-state index contributed by atoms with van der Waals surface area (Å²) in [6.45, 7) is 3.83. The molecule has 1 atom stereocenters. The molecular formula is C12H18N4OS. The number of thioether (sulfide) groups is 1. The van der Waals surface area contributed by atoms with E-state index in [0.29, 0.717) is 0 Å². The molecule has 0 saturated carbocycles. The van der Waals surface area contributed by atoms with Crippen LogP contribution in [0.1, 0.15) is 25.5 Å². The maximum absolute atomic E-state index is 9.02. The lowest BCUT2D eigenvalue weighted by Gasteiger charge is -2.00. The van der Waals surface area contributed by atoms with Crippen LogP contribution in [0.25, 0.3) is 0 Å². The van der Waals surface area contributed by atoms with E-state index in [0.717, 1.165) is 16.5 Å². The molecule has 0 saturated heterocycles. The highest BCUT2D eigenvalue weighted by atomic mass is 32.2. The van der Waals surface area contributed by atoms with E-state index in [1.54, 1.807) is 23.4 Å². The lowest BCUT2D eigenvalue weighted by Crippen LogP contribution is -1.92. The Labute approximate surface area is 111 Å². The number of hydrogen-bond donors (Lipinski definition) is 1. The summed E-state index contributed by atoms with van der Waals surface area (Å²) in [6, 6.07) is 9.59. The molecule has 0 bridgehead atoms. The molecule has 18 heavy (non-hydrogen) atoms. The van der Waals surface area contributed by atoms with Crippen LogP contribution < -0.4 is 0 Å². The monoisotopic (exact) mass is 266 g/mol. The van der Waals surface area contributed by atoms with Gasteiger partial charge >= 0.3 is 0 Å². The van der Waals surface area contributed by atoms with Crippen molar-refractivity contribution in [1.82, 2.24) is 20.2 Å². The van der Waals surface area contributed by atoms with Crippen molar-refractivity contribution in [2.45, 2.75) is 25.1 Å². The van der Waals surface area contributed by atoms with Gasteiger partial charge in [-0.1, -0.05) is 49.0 Å². The van der Waals surface area contributed by atoms with E-state index in [9.17, 15) is 0 Å². The zero-order valence-corrected chi connectivity index (χ0v) is 11.6. The van der Waals surface area contributed by atoms with E-state index >= 15 is 0 Å². The quantitative estimate of drug-likeness (QED) is 0.862. The van der Waals surface area contributed by atoms with E-state index in [1.807, 2.05) is 37.4 Å². The van der Waals surface area contributed by atoms with E-state index in [1.165, 1.54) is 0 Å². The Balaban J connectivity index is 0.000000180. The summed E-state index contributed by atoms with van der Waals surface area (Å²) in [5, 5.41) is 20.8. The van der Waals surface area contributed by atoms with Crippen molar-refractivity contribution in [3.8, 4) is 0 Å². The predicted molar refractivity (Wildman–Crippen MR) is 72.3 cm³/mol. The zero-order chi connectivity index (χ0) is 13.4. The minimum Gasteiger partial charge on any atom is -0.389 e. The summed E-state index contributed by atoms with van der Waals surface area (Å²) in [4.78, 5) is 0. The summed E-state index contributed by atoms with van der Waals surface area (Å²) in [5.41, 5.74) is 0.970. The van der Waals surface area contributed by atoms with Gasteiger partial charge in [0.05, 0.1) is 6.10 Å². The van der Waals surface area contributed by atoms with Crippen LogP contribution >= 0.6 is 11.8 Å². The fourth-order valence-corrected chi connectivity index (χ4v) is 1.78. The third kappa shape index (κ3) is 4.85. The van der Waals surface area contributed by atoms with Gasteiger partial charge in [-0.05, 0) is 28.7 Å². The molecule has 1 N–H and O–H groups in total. The topological polar surface area (TPSA) is 63.8 Å². The summed E-state index contributed by atoms with van der Waals surface area (Å²) < 4.78 is 1.66.